The number of ether oxygens (including phenoxy) is 1. The summed E-state index contributed by atoms with van der Waals surface area (Å²) in [5.41, 5.74) is 0.353. The Bertz CT molecular complexity index is 1130. The average molecular weight is 416 g/mol. The molecule has 30 heavy (non-hydrogen) atoms. The quantitative estimate of drug-likeness (QED) is 0.454. The lowest BCUT2D eigenvalue weighted by molar-refractivity contribution is 0.0935. The topological polar surface area (TPSA) is 117 Å². The van der Waals surface area contributed by atoms with Crippen LogP contribution in [0.25, 0.3) is 11.2 Å². The van der Waals surface area contributed by atoms with Gasteiger partial charge in [-0.25, -0.2) is 4.79 Å². The number of aryl methyl sites for hydroxylation is 2. The number of H-pyrrole nitrogens is 1. The molecular formula is C20H28N6O4. The molecule has 0 bridgehead atoms. The molecular weight excluding hydrogens is 388 g/mol. The fourth-order valence-electron chi connectivity index (χ4n) is 3.11. The minimum absolute atomic E-state index is 0.0470. The fourth-order valence-corrected chi connectivity index (χ4v) is 3.11. The summed E-state index contributed by atoms with van der Waals surface area (Å²) < 4.78 is 8.60. The van der Waals surface area contributed by atoms with Gasteiger partial charge in [-0.05, 0) is 32.6 Å². The van der Waals surface area contributed by atoms with E-state index in [2.05, 4.69) is 15.3 Å². The summed E-state index contributed by atoms with van der Waals surface area (Å²) in [6.45, 7) is 3.38. The van der Waals surface area contributed by atoms with Crippen LogP contribution >= 0.6 is 0 Å². The Hall–Kier alpha value is -3.11. The Morgan fingerprint density at radius 3 is 2.73 bits per heavy atom. The van der Waals surface area contributed by atoms with E-state index >= 15 is 0 Å². The largest absolute Gasteiger partial charge is 0.491 e. The van der Waals surface area contributed by atoms with Crippen molar-refractivity contribution in [1.82, 2.24) is 24.0 Å². The predicted molar refractivity (Wildman–Crippen MR) is 115 cm³/mol. The van der Waals surface area contributed by atoms with Gasteiger partial charge in [-0.15, -0.1) is 0 Å². The first-order chi connectivity index (χ1) is 14.3. The summed E-state index contributed by atoms with van der Waals surface area (Å²) in [5, 5.41) is 13.8. The molecule has 3 rings (SSSR count). The van der Waals surface area contributed by atoms with Crippen LogP contribution < -0.4 is 21.3 Å². The van der Waals surface area contributed by atoms with Crippen LogP contribution in [0.2, 0.25) is 0 Å². The molecule has 10 heteroatoms. The molecule has 1 atom stereocenters. The Kier molecular flexibility index (Phi) is 6.58. The van der Waals surface area contributed by atoms with Crippen LogP contribution in [0.1, 0.15) is 5.56 Å². The number of imidazole rings is 1. The minimum Gasteiger partial charge on any atom is -0.491 e. The highest BCUT2D eigenvalue weighted by atomic mass is 16.5. The zero-order valence-electron chi connectivity index (χ0n) is 17.7. The number of likely N-dealkylation sites (N-methyl/N-ethyl adjacent to an activating group) is 1. The average Bonchev–Trinajstić information content (AvgIpc) is 3.04. The van der Waals surface area contributed by atoms with Gasteiger partial charge in [0.15, 0.2) is 11.2 Å². The van der Waals surface area contributed by atoms with Gasteiger partial charge in [-0.2, -0.15) is 4.98 Å². The van der Waals surface area contributed by atoms with Gasteiger partial charge in [0.25, 0.3) is 5.56 Å². The molecule has 0 aliphatic carbocycles. The number of aromatic amines is 1. The highest BCUT2D eigenvalue weighted by molar-refractivity contribution is 5.74. The zero-order chi connectivity index (χ0) is 21.8. The van der Waals surface area contributed by atoms with E-state index in [1.54, 1.807) is 11.6 Å². The van der Waals surface area contributed by atoms with Gasteiger partial charge in [-0.1, -0.05) is 18.2 Å². The number of aromatic nitrogens is 4. The van der Waals surface area contributed by atoms with Gasteiger partial charge in [0.1, 0.15) is 18.5 Å². The lowest BCUT2D eigenvalue weighted by Gasteiger charge is -2.17. The number of anilines is 1. The van der Waals surface area contributed by atoms with Crippen molar-refractivity contribution in [3.63, 3.8) is 0 Å². The molecule has 0 fully saturated rings. The van der Waals surface area contributed by atoms with Crippen molar-refractivity contribution >= 4 is 17.1 Å². The number of nitrogens with one attached hydrogen (secondary N) is 2. The summed E-state index contributed by atoms with van der Waals surface area (Å²) in [6.07, 6.45) is -0.895. The number of fused-ring (bicyclic) bond motifs is 1. The van der Waals surface area contributed by atoms with E-state index in [-0.39, 0.29) is 24.3 Å². The maximum absolute atomic E-state index is 12.5. The van der Waals surface area contributed by atoms with Crippen LogP contribution in [0.15, 0.2) is 33.9 Å². The summed E-state index contributed by atoms with van der Waals surface area (Å²) in [4.78, 5) is 33.2. The molecule has 0 amide bonds. The van der Waals surface area contributed by atoms with E-state index in [4.69, 9.17) is 4.74 Å². The van der Waals surface area contributed by atoms with Crippen LogP contribution in [-0.2, 0) is 13.6 Å². The van der Waals surface area contributed by atoms with Crippen molar-refractivity contribution in [3.05, 3.63) is 50.7 Å². The molecule has 0 saturated heterocycles. The molecule has 2 heterocycles. The number of para-hydroxylation sites is 1. The first kappa shape index (κ1) is 21.6. The van der Waals surface area contributed by atoms with Crippen molar-refractivity contribution in [1.29, 1.82) is 0 Å². The Morgan fingerprint density at radius 1 is 1.30 bits per heavy atom. The molecule has 0 saturated carbocycles. The summed E-state index contributed by atoms with van der Waals surface area (Å²) in [5.74, 6) is 1.10. The molecule has 0 spiro atoms. The van der Waals surface area contributed by atoms with E-state index in [1.165, 1.54) is 4.57 Å². The van der Waals surface area contributed by atoms with Crippen LogP contribution in [0, 0.1) is 6.92 Å². The van der Waals surface area contributed by atoms with E-state index < -0.39 is 17.4 Å². The van der Waals surface area contributed by atoms with E-state index in [1.807, 2.05) is 50.2 Å². The zero-order valence-corrected chi connectivity index (χ0v) is 17.7. The fraction of sp³-hybridized carbons (Fsp3) is 0.450. The SMILES string of the molecule is Cc1ccccc1OC[C@H](O)Cn1c(NCCN(C)C)nc2c1c(=O)[nH]c(=O)n2C. The number of hydrogen-bond donors (Lipinski definition) is 3. The Labute approximate surface area is 173 Å². The number of nitrogens with zero attached hydrogens (tertiary/aromatic N) is 4. The molecule has 0 aliphatic heterocycles. The maximum atomic E-state index is 12.5. The summed E-state index contributed by atoms with van der Waals surface area (Å²) in [7, 11) is 5.44. The normalized spacial score (nSPS) is 12.5. The Balaban J connectivity index is 1.88. The van der Waals surface area contributed by atoms with Crippen LogP contribution in [0.3, 0.4) is 0 Å². The van der Waals surface area contributed by atoms with Crippen molar-refractivity contribution in [2.45, 2.75) is 19.6 Å². The van der Waals surface area contributed by atoms with Gasteiger partial charge in [0, 0.05) is 20.1 Å². The predicted octanol–water partition coefficient (Wildman–Crippen LogP) is 0.145. The third-order valence-corrected chi connectivity index (χ3v) is 4.77. The molecule has 3 aromatic rings. The number of aliphatic hydroxyl groups excluding tert-OH is 1. The number of rotatable bonds is 9. The van der Waals surface area contributed by atoms with Gasteiger partial charge in [0.05, 0.1) is 6.54 Å². The summed E-state index contributed by atoms with van der Waals surface area (Å²) in [6, 6.07) is 7.55. The molecule has 0 radical (unpaired) electrons. The first-order valence-corrected chi connectivity index (χ1v) is 9.72. The van der Waals surface area contributed by atoms with Crippen LogP contribution in [0.4, 0.5) is 5.95 Å². The molecule has 0 aliphatic rings. The summed E-state index contributed by atoms with van der Waals surface area (Å²) >= 11 is 0. The molecule has 2 aromatic heterocycles. The highest BCUT2D eigenvalue weighted by Crippen LogP contribution is 2.18. The molecule has 0 unspecified atom stereocenters. The van der Waals surface area contributed by atoms with Crippen molar-refractivity contribution in [2.24, 2.45) is 7.05 Å². The maximum Gasteiger partial charge on any atom is 0.329 e. The number of hydrogen-bond acceptors (Lipinski definition) is 7. The number of benzene rings is 1. The smallest absolute Gasteiger partial charge is 0.329 e. The second-order valence-corrected chi connectivity index (χ2v) is 7.50. The molecule has 3 N–H and O–H groups in total. The third kappa shape index (κ3) is 4.71. The van der Waals surface area contributed by atoms with E-state index in [9.17, 15) is 14.7 Å². The Morgan fingerprint density at radius 2 is 2.03 bits per heavy atom. The highest BCUT2D eigenvalue weighted by Gasteiger charge is 2.20. The molecule has 10 nitrogen and oxygen atoms in total. The molecule has 162 valence electrons. The minimum atomic E-state index is -0.895. The van der Waals surface area contributed by atoms with Crippen molar-refractivity contribution < 1.29 is 9.84 Å². The van der Waals surface area contributed by atoms with Gasteiger partial charge < -0.3 is 24.6 Å². The van der Waals surface area contributed by atoms with Crippen LogP contribution in [-0.4, -0.2) is 69.0 Å². The van der Waals surface area contributed by atoms with E-state index in [0.29, 0.717) is 18.2 Å². The number of aliphatic hydroxyl groups is 1. The second kappa shape index (κ2) is 9.14. The standard InChI is InChI=1S/C20H28N6O4/c1-13-7-5-6-8-15(13)30-12-14(27)11-26-16-17(25(4)20(29)23-18(16)28)22-19(26)21-9-10-24(2)3/h5-8,14,27H,9-12H2,1-4H3,(H,21,22)(H,23,28,29)/t14-/m1/s1. The first-order valence-electron chi connectivity index (χ1n) is 9.72. The third-order valence-electron chi connectivity index (χ3n) is 4.77. The van der Waals surface area contributed by atoms with Gasteiger partial charge in [0.2, 0.25) is 5.95 Å². The van der Waals surface area contributed by atoms with Crippen LogP contribution in [0.5, 0.6) is 5.75 Å². The lowest BCUT2D eigenvalue weighted by Crippen LogP contribution is -2.31. The van der Waals surface area contributed by atoms with Gasteiger partial charge >= 0.3 is 5.69 Å². The second-order valence-electron chi connectivity index (χ2n) is 7.50. The van der Waals surface area contributed by atoms with Gasteiger partial charge in [-0.3, -0.25) is 14.3 Å². The van der Waals surface area contributed by atoms with Crippen molar-refractivity contribution in [3.8, 4) is 5.75 Å². The molecule has 1 aromatic carbocycles. The monoisotopic (exact) mass is 416 g/mol. The van der Waals surface area contributed by atoms with Crippen molar-refractivity contribution in [2.75, 3.05) is 39.1 Å². The lowest BCUT2D eigenvalue weighted by atomic mass is 10.2. The van der Waals surface area contributed by atoms with E-state index in [0.717, 1.165) is 12.1 Å².